The Morgan fingerprint density at radius 3 is 2.66 bits per heavy atom. The summed E-state index contributed by atoms with van der Waals surface area (Å²) in [7, 11) is 3.50. The fourth-order valence-corrected chi connectivity index (χ4v) is 7.57. The second kappa shape index (κ2) is 14.4. The molecular formula is C37H37Cl2N7O4. The molecule has 11 nitrogen and oxygen atoms in total. The summed E-state index contributed by atoms with van der Waals surface area (Å²) in [6.07, 6.45) is 3.77. The summed E-state index contributed by atoms with van der Waals surface area (Å²) in [6.45, 7) is 3.07. The van der Waals surface area contributed by atoms with Gasteiger partial charge in [-0.2, -0.15) is 5.10 Å². The number of carboxylic acids is 1. The van der Waals surface area contributed by atoms with Gasteiger partial charge in [0.05, 0.1) is 45.7 Å². The van der Waals surface area contributed by atoms with Gasteiger partial charge in [-0.25, -0.2) is 4.98 Å². The molecule has 1 amide bonds. The fraction of sp³-hybridized carbons (Fsp3) is 0.324. The smallest absolute Gasteiger partial charge is 0.307 e. The first-order valence-electron chi connectivity index (χ1n) is 16.6. The summed E-state index contributed by atoms with van der Waals surface area (Å²) in [5.41, 5.74) is 7.08. The molecule has 2 aliphatic heterocycles. The number of benzene rings is 2. The molecule has 2 saturated heterocycles. The minimum Gasteiger partial charge on any atom is -0.481 e. The molecule has 0 aliphatic carbocycles. The number of halogens is 2. The van der Waals surface area contributed by atoms with E-state index < -0.39 is 5.97 Å². The summed E-state index contributed by atoms with van der Waals surface area (Å²) in [4.78, 5) is 34.6. The zero-order valence-corrected chi connectivity index (χ0v) is 29.3. The average Bonchev–Trinajstić information content (AvgIpc) is 3.84. The molecule has 5 heterocycles. The van der Waals surface area contributed by atoms with Gasteiger partial charge in [0.2, 0.25) is 11.8 Å². The number of nitrogens with one attached hydrogen (secondary N) is 2. The van der Waals surface area contributed by atoms with E-state index in [-0.39, 0.29) is 17.9 Å². The number of carbonyl (C=O) groups excluding carboxylic acids is 1. The van der Waals surface area contributed by atoms with Crippen molar-refractivity contribution in [1.29, 1.82) is 0 Å². The topological polar surface area (TPSA) is 134 Å². The highest BCUT2D eigenvalue weighted by atomic mass is 35.5. The SMILES string of the molecule is COc1nc(-c2cccc(-c3ccnc(-c4ccc5c(CN6CC[C@@H](C(=O)O)C6)nn(C)c5c4)c3Cl)c2Cl)ccc1CNC[C@@H]1CCC(=O)N1. The lowest BCUT2D eigenvalue weighted by molar-refractivity contribution is -0.141. The van der Waals surface area contributed by atoms with Crippen LogP contribution in [0.4, 0.5) is 0 Å². The molecule has 2 aliphatic rings. The van der Waals surface area contributed by atoms with E-state index in [2.05, 4.69) is 20.5 Å². The Morgan fingerprint density at radius 1 is 1.08 bits per heavy atom. The van der Waals surface area contributed by atoms with Gasteiger partial charge >= 0.3 is 5.97 Å². The van der Waals surface area contributed by atoms with Crippen LogP contribution in [0.1, 0.15) is 30.5 Å². The van der Waals surface area contributed by atoms with E-state index in [4.69, 9.17) is 38.0 Å². The number of hydrogen-bond acceptors (Lipinski definition) is 8. The van der Waals surface area contributed by atoms with Gasteiger partial charge in [-0.15, -0.1) is 0 Å². The highest BCUT2D eigenvalue weighted by Crippen LogP contribution is 2.42. The number of aliphatic carboxylic acids is 1. The first-order valence-corrected chi connectivity index (χ1v) is 17.3. The van der Waals surface area contributed by atoms with Crippen molar-refractivity contribution in [2.75, 3.05) is 26.7 Å². The number of pyridine rings is 2. The van der Waals surface area contributed by atoms with E-state index in [0.29, 0.717) is 66.3 Å². The van der Waals surface area contributed by atoms with E-state index in [1.54, 1.807) is 13.3 Å². The van der Waals surface area contributed by atoms with Crippen molar-refractivity contribution in [1.82, 2.24) is 35.3 Å². The van der Waals surface area contributed by atoms with E-state index in [1.807, 2.05) is 66.3 Å². The molecule has 0 radical (unpaired) electrons. The van der Waals surface area contributed by atoms with Crippen LogP contribution in [0.5, 0.6) is 5.88 Å². The highest BCUT2D eigenvalue weighted by molar-refractivity contribution is 6.39. The molecule has 2 fully saturated rings. The van der Waals surface area contributed by atoms with Crippen molar-refractivity contribution >= 4 is 46.0 Å². The number of aromatic nitrogens is 4. The Labute approximate surface area is 299 Å². The minimum atomic E-state index is -0.744. The number of likely N-dealkylation sites (tertiary alicyclic amines) is 1. The molecule has 7 rings (SSSR count). The van der Waals surface area contributed by atoms with Crippen molar-refractivity contribution in [2.24, 2.45) is 13.0 Å². The van der Waals surface area contributed by atoms with Crippen LogP contribution in [-0.2, 0) is 29.7 Å². The highest BCUT2D eigenvalue weighted by Gasteiger charge is 2.29. The van der Waals surface area contributed by atoms with Crippen molar-refractivity contribution in [3.05, 3.63) is 82.1 Å². The van der Waals surface area contributed by atoms with Crippen molar-refractivity contribution in [3.63, 3.8) is 0 Å². The monoisotopic (exact) mass is 713 g/mol. The number of ether oxygens (including phenoxy) is 1. The molecule has 50 heavy (non-hydrogen) atoms. The lowest BCUT2D eigenvalue weighted by Gasteiger charge is -2.15. The van der Waals surface area contributed by atoms with Gasteiger partial charge in [0.15, 0.2) is 0 Å². The summed E-state index contributed by atoms with van der Waals surface area (Å²) in [5.74, 6) is -0.489. The van der Waals surface area contributed by atoms with E-state index >= 15 is 0 Å². The molecule has 3 N–H and O–H groups in total. The quantitative estimate of drug-likeness (QED) is 0.152. The first-order chi connectivity index (χ1) is 24.2. The number of methoxy groups -OCH3 is 1. The van der Waals surface area contributed by atoms with Crippen LogP contribution >= 0.6 is 23.2 Å². The number of rotatable bonds is 11. The maximum Gasteiger partial charge on any atom is 0.307 e. The second-order valence-electron chi connectivity index (χ2n) is 12.8. The minimum absolute atomic E-state index is 0.0950. The standard InChI is InChI=1S/C37H37Cl2N7O4/c1-45-31-16-21(6-9-27(31)30(44-45)20-46-15-13-23(19-46)37(48)49)35-34(39)26(12-14-41-35)25-4-3-5-28(33(25)38)29-10-7-22(36(43-29)50-2)17-40-18-24-8-11-32(47)42-24/h3-7,9-10,12,14,16,23-24,40H,8,11,13,15,17-20H2,1-2H3,(H,42,47)(H,48,49)/t23-,24+/m1/s1. The largest absolute Gasteiger partial charge is 0.481 e. The molecule has 2 aromatic carbocycles. The van der Waals surface area contributed by atoms with E-state index in [1.165, 1.54) is 0 Å². The number of carboxylic acid groups (broad SMARTS) is 1. The molecular weight excluding hydrogens is 677 g/mol. The predicted molar refractivity (Wildman–Crippen MR) is 193 cm³/mol. The molecule has 0 saturated carbocycles. The molecule has 0 unspecified atom stereocenters. The third-order valence-electron chi connectivity index (χ3n) is 9.57. The Morgan fingerprint density at radius 2 is 1.90 bits per heavy atom. The van der Waals surface area contributed by atoms with Crippen LogP contribution in [0, 0.1) is 5.92 Å². The van der Waals surface area contributed by atoms with Crippen molar-refractivity contribution < 1.29 is 19.4 Å². The maximum absolute atomic E-state index is 11.5. The molecule has 258 valence electrons. The number of hydrogen-bond donors (Lipinski definition) is 3. The number of aryl methyl sites for hydroxylation is 1. The zero-order valence-electron chi connectivity index (χ0n) is 27.7. The number of nitrogens with zero attached hydrogens (tertiary/aromatic N) is 5. The fourth-order valence-electron chi connectivity index (χ4n) is 6.92. The van der Waals surface area contributed by atoms with Gasteiger partial charge < -0.3 is 20.5 Å². The molecule has 0 spiro atoms. The Balaban J connectivity index is 1.13. The lowest BCUT2D eigenvalue weighted by Crippen LogP contribution is -2.35. The third-order valence-corrected chi connectivity index (χ3v) is 10.4. The number of fused-ring (bicyclic) bond motifs is 1. The van der Waals surface area contributed by atoms with E-state index in [0.717, 1.165) is 57.4 Å². The van der Waals surface area contributed by atoms with Crippen LogP contribution in [0.2, 0.25) is 10.0 Å². The maximum atomic E-state index is 11.5. The predicted octanol–water partition coefficient (Wildman–Crippen LogP) is 5.95. The zero-order chi connectivity index (χ0) is 34.9. The van der Waals surface area contributed by atoms with Crippen LogP contribution in [0.3, 0.4) is 0 Å². The summed E-state index contributed by atoms with van der Waals surface area (Å²) in [6, 6.07) is 17.7. The van der Waals surface area contributed by atoms with E-state index in [9.17, 15) is 14.7 Å². The third kappa shape index (κ3) is 6.78. The van der Waals surface area contributed by atoms with Gasteiger partial charge in [-0.3, -0.25) is 24.2 Å². The van der Waals surface area contributed by atoms with Gasteiger partial charge in [-0.1, -0.05) is 59.6 Å². The first kappa shape index (κ1) is 33.9. The van der Waals surface area contributed by atoms with Crippen LogP contribution in [0.15, 0.2) is 60.8 Å². The van der Waals surface area contributed by atoms with Crippen LogP contribution in [-0.4, -0.2) is 74.4 Å². The Bertz CT molecular complexity index is 2100. The molecule has 5 aromatic rings. The van der Waals surface area contributed by atoms with Crippen LogP contribution in [0.25, 0.3) is 44.5 Å². The molecule has 2 atom stereocenters. The lowest BCUT2D eigenvalue weighted by atomic mass is 9.99. The van der Waals surface area contributed by atoms with Crippen LogP contribution < -0.4 is 15.4 Å². The summed E-state index contributed by atoms with van der Waals surface area (Å²) >= 11 is 14.2. The second-order valence-corrected chi connectivity index (χ2v) is 13.6. The summed E-state index contributed by atoms with van der Waals surface area (Å²) < 4.78 is 7.49. The molecule has 0 bridgehead atoms. The number of carbonyl (C=O) groups is 2. The van der Waals surface area contributed by atoms with Gasteiger partial charge in [0.1, 0.15) is 0 Å². The van der Waals surface area contributed by atoms with Crippen molar-refractivity contribution in [3.8, 4) is 39.5 Å². The Hall–Kier alpha value is -4.55. The molecule has 13 heteroatoms. The van der Waals surface area contributed by atoms with Gasteiger partial charge in [0, 0.05) is 85.1 Å². The normalized spacial score (nSPS) is 17.8. The van der Waals surface area contributed by atoms with Gasteiger partial charge in [0.25, 0.3) is 0 Å². The number of amides is 1. The van der Waals surface area contributed by atoms with Crippen molar-refractivity contribution in [2.45, 2.75) is 38.4 Å². The van der Waals surface area contributed by atoms with Gasteiger partial charge in [-0.05, 0) is 37.6 Å². The summed E-state index contributed by atoms with van der Waals surface area (Å²) in [5, 5.41) is 22.5. The average molecular weight is 715 g/mol. The Kier molecular flexibility index (Phi) is 9.74. The molecule has 3 aromatic heterocycles.